The molecule has 0 radical (unpaired) electrons. The van der Waals surface area contributed by atoms with E-state index in [1.54, 1.807) is 11.3 Å². The number of nitrogens with one attached hydrogen (secondary N) is 1. The predicted octanol–water partition coefficient (Wildman–Crippen LogP) is 3.59. The first-order chi connectivity index (χ1) is 13.1. The molecule has 6 nitrogen and oxygen atoms in total. The number of aromatic nitrogens is 3. The first kappa shape index (κ1) is 21.3. The van der Waals surface area contributed by atoms with E-state index in [1.807, 2.05) is 10.9 Å². The Morgan fingerprint density at radius 2 is 2.21 bits per heavy atom. The summed E-state index contributed by atoms with van der Waals surface area (Å²) in [4.78, 5) is 15.4. The Labute approximate surface area is 177 Å². The minimum absolute atomic E-state index is 0. The summed E-state index contributed by atoms with van der Waals surface area (Å²) in [7, 11) is 0. The molecular formula is C20H30ClN5OS. The Morgan fingerprint density at radius 1 is 1.43 bits per heavy atom. The normalized spacial score (nSPS) is 20.2. The number of rotatable bonds is 7. The summed E-state index contributed by atoms with van der Waals surface area (Å²) in [5, 5.41) is 16.0. The molecule has 1 unspecified atom stereocenters. The lowest BCUT2D eigenvalue weighted by Gasteiger charge is -2.29. The van der Waals surface area contributed by atoms with Crippen LogP contribution in [0.1, 0.15) is 55.6 Å². The fourth-order valence-electron chi connectivity index (χ4n) is 4.18. The van der Waals surface area contributed by atoms with Gasteiger partial charge in [0.05, 0.1) is 6.20 Å². The zero-order valence-corrected chi connectivity index (χ0v) is 18.3. The van der Waals surface area contributed by atoms with Gasteiger partial charge in [-0.15, -0.1) is 17.5 Å². The Hall–Kier alpha value is -1.44. The van der Waals surface area contributed by atoms with Gasteiger partial charge in [0.1, 0.15) is 0 Å². The van der Waals surface area contributed by atoms with Crippen LogP contribution < -0.4 is 5.32 Å². The van der Waals surface area contributed by atoms with E-state index >= 15 is 0 Å². The second-order valence-corrected chi connectivity index (χ2v) is 9.23. The molecule has 0 aromatic carbocycles. The molecule has 1 N–H and O–H groups in total. The summed E-state index contributed by atoms with van der Waals surface area (Å²) >= 11 is 1.68. The van der Waals surface area contributed by atoms with Gasteiger partial charge >= 0.3 is 0 Å². The fourth-order valence-corrected chi connectivity index (χ4v) is 4.83. The number of halogens is 1. The molecule has 2 aliphatic rings. The summed E-state index contributed by atoms with van der Waals surface area (Å²) in [6, 6.07) is 2.44. The molecule has 1 saturated heterocycles. The number of hydrogen-bond donors (Lipinski definition) is 1. The number of carbonyl (C=O) groups excluding carboxylic acids is 1. The van der Waals surface area contributed by atoms with Crippen LogP contribution in [0, 0.1) is 11.3 Å². The van der Waals surface area contributed by atoms with Gasteiger partial charge < -0.3 is 10.2 Å². The molecule has 154 valence electrons. The quantitative estimate of drug-likeness (QED) is 0.739. The monoisotopic (exact) mass is 423 g/mol. The van der Waals surface area contributed by atoms with Crippen molar-refractivity contribution in [3.63, 3.8) is 0 Å². The van der Waals surface area contributed by atoms with Crippen LogP contribution in [0.25, 0.3) is 0 Å². The van der Waals surface area contributed by atoms with E-state index in [0.717, 1.165) is 45.3 Å². The van der Waals surface area contributed by atoms with E-state index in [1.165, 1.54) is 5.56 Å². The molecule has 2 aromatic heterocycles. The van der Waals surface area contributed by atoms with Crippen LogP contribution >= 0.6 is 23.7 Å². The second-order valence-electron chi connectivity index (χ2n) is 8.45. The van der Waals surface area contributed by atoms with E-state index < -0.39 is 0 Å². The largest absolute Gasteiger partial charge is 0.329 e. The molecule has 2 aromatic rings. The molecule has 3 heterocycles. The molecular weight excluding hydrogens is 394 g/mol. The Balaban J connectivity index is 0.00000225. The van der Waals surface area contributed by atoms with Crippen molar-refractivity contribution in [1.82, 2.24) is 25.2 Å². The molecule has 2 fully saturated rings. The molecule has 28 heavy (non-hydrogen) atoms. The van der Waals surface area contributed by atoms with Gasteiger partial charge in [-0.05, 0) is 72.5 Å². The van der Waals surface area contributed by atoms with Gasteiger partial charge in [-0.3, -0.25) is 9.48 Å². The number of thiophene rings is 1. The molecule has 4 rings (SSSR count). The molecule has 8 heteroatoms. The average molecular weight is 424 g/mol. The highest BCUT2D eigenvalue weighted by molar-refractivity contribution is 7.07. The minimum Gasteiger partial charge on any atom is -0.329 e. The maximum Gasteiger partial charge on any atom is 0.276 e. The van der Waals surface area contributed by atoms with E-state index in [-0.39, 0.29) is 18.3 Å². The number of hydrogen-bond acceptors (Lipinski definition) is 5. The van der Waals surface area contributed by atoms with E-state index in [0.29, 0.717) is 29.6 Å². The fraction of sp³-hybridized carbons (Fsp3) is 0.650. The standard InChI is InChI=1S/C20H29N5OS.ClH/c1-15(2)3-9-24-13-17(22-23-24)19(26)25(12-16-4-10-27-14-16)18-11-20(18)5-7-21-8-6-20;/h4,10,13-15,18,21H,3,5-9,11-12H2,1-2H3;1H. The molecule has 1 aliphatic heterocycles. The van der Waals surface area contributed by atoms with Crippen LogP contribution in [0.2, 0.25) is 0 Å². The van der Waals surface area contributed by atoms with Crippen LogP contribution in [0.3, 0.4) is 0 Å². The highest BCUT2D eigenvalue weighted by atomic mass is 35.5. The average Bonchev–Trinajstić information content (AvgIpc) is 3.08. The SMILES string of the molecule is CC(C)CCn1cc(C(=O)N(Cc2ccsc2)C2CC23CCNCC3)nn1.Cl. The molecule has 0 bridgehead atoms. The number of aryl methyl sites for hydroxylation is 1. The summed E-state index contributed by atoms with van der Waals surface area (Å²) in [6.07, 6.45) is 6.29. The maximum absolute atomic E-state index is 13.3. The molecule has 1 atom stereocenters. The van der Waals surface area contributed by atoms with Gasteiger partial charge in [0, 0.05) is 19.1 Å². The minimum atomic E-state index is 0. The lowest BCUT2D eigenvalue weighted by molar-refractivity contribution is 0.0686. The summed E-state index contributed by atoms with van der Waals surface area (Å²) in [5.41, 5.74) is 1.99. The van der Waals surface area contributed by atoms with E-state index in [4.69, 9.17) is 0 Å². The van der Waals surface area contributed by atoms with Crippen molar-refractivity contribution in [2.75, 3.05) is 13.1 Å². The topological polar surface area (TPSA) is 63.1 Å². The first-order valence-electron chi connectivity index (χ1n) is 10.0. The van der Waals surface area contributed by atoms with Crippen molar-refractivity contribution in [2.24, 2.45) is 11.3 Å². The van der Waals surface area contributed by atoms with Crippen LogP contribution in [-0.4, -0.2) is 44.9 Å². The van der Waals surface area contributed by atoms with Crippen LogP contribution in [0.15, 0.2) is 23.0 Å². The number of nitrogens with zero attached hydrogens (tertiary/aromatic N) is 4. The second kappa shape index (κ2) is 8.93. The van der Waals surface area contributed by atoms with Crippen molar-refractivity contribution >= 4 is 29.7 Å². The van der Waals surface area contributed by atoms with Crippen molar-refractivity contribution in [2.45, 2.75) is 58.7 Å². The van der Waals surface area contributed by atoms with E-state index in [2.05, 4.69) is 51.2 Å². The maximum atomic E-state index is 13.3. The highest BCUT2D eigenvalue weighted by Crippen LogP contribution is 2.56. The molecule has 1 amide bonds. The van der Waals surface area contributed by atoms with Crippen molar-refractivity contribution in [3.05, 3.63) is 34.3 Å². The molecule has 1 saturated carbocycles. The number of amides is 1. The number of carbonyl (C=O) groups is 1. The third-order valence-electron chi connectivity index (χ3n) is 6.01. The number of piperidine rings is 1. The highest BCUT2D eigenvalue weighted by Gasteiger charge is 2.58. The Bertz CT molecular complexity index is 769. The van der Waals surface area contributed by atoms with Crippen LogP contribution in [0.4, 0.5) is 0 Å². The van der Waals surface area contributed by atoms with Crippen molar-refractivity contribution < 1.29 is 4.79 Å². The molecule has 1 aliphatic carbocycles. The van der Waals surface area contributed by atoms with Crippen molar-refractivity contribution in [1.29, 1.82) is 0 Å². The Morgan fingerprint density at radius 3 is 2.89 bits per heavy atom. The van der Waals surface area contributed by atoms with Crippen molar-refractivity contribution in [3.8, 4) is 0 Å². The lowest BCUT2D eigenvalue weighted by atomic mass is 9.93. The van der Waals surface area contributed by atoms with Crippen LogP contribution in [-0.2, 0) is 13.1 Å². The van der Waals surface area contributed by atoms with Gasteiger partial charge in [0.15, 0.2) is 5.69 Å². The first-order valence-corrected chi connectivity index (χ1v) is 10.9. The smallest absolute Gasteiger partial charge is 0.276 e. The Kier molecular flexibility index (Phi) is 6.78. The third kappa shape index (κ3) is 4.58. The van der Waals surface area contributed by atoms with E-state index in [9.17, 15) is 4.79 Å². The van der Waals surface area contributed by atoms with Gasteiger partial charge in [-0.2, -0.15) is 11.3 Å². The summed E-state index contributed by atoms with van der Waals surface area (Å²) in [5.74, 6) is 0.632. The van der Waals surface area contributed by atoms with Gasteiger partial charge in [0.25, 0.3) is 5.91 Å². The van der Waals surface area contributed by atoms with Crippen LogP contribution in [0.5, 0.6) is 0 Å². The lowest BCUT2D eigenvalue weighted by Crippen LogP contribution is -2.39. The van der Waals surface area contributed by atoms with Gasteiger partial charge in [-0.25, -0.2) is 0 Å². The summed E-state index contributed by atoms with van der Waals surface area (Å²) in [6.45, 7) is 7.97. The van der Waals surface area contributed by atoms with Gasteiger partial charge in [-0.1, -0.05) is 19.1 Å². The summed E-state index contributed by atoms with van der Waals surface area (Å²) < 4.78 is 1.81. The zero-order chi connectivity index (χ0) is 18.9. The predicted molar refractivity (Wildman–Crippen MR) is 114 cm³/mol. The molecule has 1 spiro atoms. The third-order valence-corrected chi connectivity index (χ3v) is 6.74. The zero-order valence-electron chi connectivity index (χ0n) is 16.6. The van der Waals surface area contributed by atoms with Gasteiger partial charge in [0.2, 0.25) is 0 Å².